The molecule has 2 aliphatic rings. The van der Waals surface area contributed by atoms with Gasteiger partial charge in [-0.15, -0.1) is 48.1 Å². The number of hydrogen-bond donors (Lipinski definition) is 0. The molecule has 0 radical (unpaired) electrons. The summed E-state index contributed by atoms with van der Waals surface area (Å²) in [4.78, 5) is 9.83. The third-order valence-corrected chi connectivity index (χ3v) is 17.3. The molecule has 10 aromatic carbocycles. The minimum atomic E-state index is -0.644. The molecule has 0 saturated heterocycles. The molecule has 2 aromatic heterocycles. The summed E-state index contributed by atoms with van der Waals surface area (Å²) in [5.74, 6) is 1.95. The normalized spacial score (nSPS) is 14.7. The van der Waals surface area contributed by atoms with Crippen LogP contribution in [0.5, 0.6) is 11.5 Å². The molecule has 0 spiro atoms. The molecule has 1 aliphatic heterocycles. The average Bonchev–Trinajstić information content (AvgIpc) is 2.50. The maximum Gasteiger partial charge on any atom is 0.135 e. The van der Waals surface area contributed by atoms with E-state index in [0.717, 1.165) is 78.2 Å². The molecular formula is C79H67N4OPt-3. The molecule has 85 heavy (non-hydrogen) atoms. The molecule has 5 nitrogen and oxygen atoms in total. The summed E-state index contributed by atoms with van der Waals surface area (Å²) in [5.41, 5.74) is 21.1. The number of anilines is 4. The molecular weight excluding hydrogens is 1220 g/mol. The molecule has 3 heterocycles. The monoisotopic (exact) mass is 1280 g/mol. The number of benzene rings is 10. The van der Waals surface area contributed by atoms with Gasteiger partial charge in [-0.3, -0.25) is 0 Å². The predicted octanol–water partition coefficient (Wildman–Crippen LogP) is 20.6. The zero-order chi connectivity index (χ0) is 57.7. The number of nitrogens with zero attached hydrogens (tertiary/aromatic N) is 4. The maximum atomic E-state index is 6.90. The van der Waals surface area contributed by atoms with Crippen molar-refractivity contribution in [3.8, 4) is 50.7 Å². The average molecular weight is 1280 g/mol. The standard InChI is InChI=1S/C79H67N4O.Pt/c1-76(2,3)54-35-37-55(38-36-54)79(68-31-18-16-29-62(68)63-41-39-56(47-69(63)79)77(4,5)6)57-43-44-80-74(48-57)83-70-32-19-17-30-64(70)65-42-40-61(50-73(65)83)84-60-28-22-27-59(49-60)81-51-82(72-34-21-20-33-71(72)81)75-66(52-23-12-10-13-24-52)45-58(78(7,8)9)46-67(75)53-25-14-11-15-26-53;/h10-48,51H,1-9H3;/q-3;. The van der Waals surface area contributed by atoms with Crippen molar-refractivity contribution in [1.29, 1.82) is 0 Å². The van der Waals surface area contributed by atoms with Crippen molar-refractivity contribution in [1.82, 2.24) is 9.55 Å². The van der Waals surface area contributed by atoms with Crippen LogP contribution in [0.4, 0.5) is 22.7 Å². The van der Waals surface area contributed by atoms with Crippen LogP contribution >= 0.6 is 0 Å². The number of ether oxygens (including phenoxy) is 1. The van der Waals surface area contributed by atoms with Crippen molar-refractivity contribution in [3.63, 3.8) is 0 Å². The molecule has 14 rings (SSSR count). The first-order valence-electron chi connectivity index (χ1n) is 29.3. The van der Waals surface area contributed by atoms with Gasteiger partial charge in [0.05, 0.1) is 5.41 Å². The van der Waals surface area contributed by atoms with Gasteiger partial charge in [-0.05, 0) is 125 Å². The molecule has 422 valence electrons. The first kappa shape index (κ1) is 55.4. The molecule has 6 heteroatoms. The number of fused-ring (bicyclic) bond motifs is 7. The Bertz CT molecular complexity index is 4440. The van der Waals surface area contributed by atoms with Crippen molar-refractivity contribution in [3.05, 3.63) is 294 Å². The van der Waals surface area contributed by atoms with Gasteiger partial charge in [-0.25, -0.2) is 4.98 Å². The van der Waals surface area contributed by atoms with Crippen LogP contribution in [0.1, 0.15) is 101 Å². The van der Waals surface area contributed by atoms with Crippen LogP contribution in [0.3, 0.4) is 0 Å². The van der Waals surface area contributed by atoms with Gasteiger partial charge in [-0.1, -0.05) is 226 Å². The molecule has 0 saturated carbocycles. The summed E-state index contributed by atoms with van der Waals surface area (Å²) in [6.45, 7) is 22.9. The third kappa shape index (κ3) is 9.49. The second-order valence-corrected chi connectivity index (χ2v) is 25.7. The smallest absolute Gasteiger partial charge is 0.135 e. The molecule has 12 aromatic rings. The van der Waals surface area contributed by atoms with Crippen molar-refractivity contribution in [2.45, 2.75) is 84.0 Å². The summed E-state index contributed by atoms with van der Waals surface area (Å²) in [7, 11) is 0. The maximum absolute atomic E-state index is 6.90. The van der Waals surface area contributed by atoms with Gasteiger partial charge in [0.15, 0.2) is 0 Å². The summed E-state index contributed by atoms with van der Waals surface area (Å²) in [5, 5.41) is 2.17. The SMILES string of the molecule is CC(C)(C)c1ccc(C2(c3ccnc(-n4c5[c-]c(Oc6[c-]c(N7[CH-]N(c8c(-c9ccccc9)cc(C(C)(C)C)cc8-c8ccccc8)c8ccccc87)ccc6)ccc5c5ccccc54)c3)c3ccccc3-c3ccc(C(C)(C)C)cc32)cc1.[Pt]. The topological polar surface area (TPSA) is 33.5 Å². The van der Waals surface area contributed by atoms with Crippen LogP contribution in [0.25, 0.3) is 61.0 Å². The van der Waals surface area contributed by atoms with E-state index in [4.69, 9.17) is 9.72 Å². The fourth-order valence-electron chi connectivity index (χ4n) is 12.9. The summed E-state index contributed by atoms with van der Waals surface area (Å²) >= 11 is 0. The van der Waals surface area contributed by atoms with Gasteiger partial charge in [0, 0.05) is 72.5 Å². The summed E-state index contributed by atoms with van der Waals surface area (Å²) in [6.07, 6.45) is 1.99. The Morgan fingerprint density at radius 1 is 0.435 bits per heavy atom. The van der Waals surface area contributed by atoms with Gasteiger partial charge in [0.1, 0.15) is 5.82 Å². The van der Waals surface area contributed by atoms with Crippen LogP contribution in [-0.2, 0) is 42.7 Å². The quantitative estimate of drug-likeness (QED) is 0.135. The Labute approximate surface area is 515 Å². The Morgan fingerprint density at radius 2 is 1.02 bits per heavy atom. The summed E-state index contributed by atoms with van der Waals surface area (Å²) < 4.78 is 9.16. The van der Waals surface area contributed by atoms with Crippen molar-refractivity contribution in [2.75, 3.05) is 9.80 Å². The third-order valence-electron chi connectivity index (χ3n) is 17.3. The van der Waals surface area contributed by atoms with E-state index in [9.17, 15) is 0 Å². The Kier molecular flexibility index (Phi) is 13.7. The van der Waals surface area contributed by atoms with E-state index in [-0.39, 0.29) is 37.3 Å². The zero-order valence-corrected chi connectivity index (χ0v) is 51.9. The van der Waals surface area contributed by atoms with Gasteiger partial charge in [0.25, 0.3) is 0 Å². The second kappa shape index (κ2) is 21.1. The number of pyridine rings is 1. The van der Waals surface area contributed by atoms with Gasteiger partial charge in [-0.2, -0.15) is 12.1 Å². The van der Waals surface area contributed by atoms with Crippen LogP contribution in [0.15, 0.2) is 237 Å². The molecule has 0 N–H and O–H groups in total. The molecule has 0 amide bonds. The molecule has 1 unspecified atom stereocenters. The number of rotatable bonds is 9. The van der Waals surface area contributed by atoms with Gasteiger partial charge in [0.2, 0.25) is 0 Å². The minimum absolute atomic E-state index is 0. The second-order valence-electron chi connectivity index (χ2n) is 25.7. The zero-order valence-electron chi connectivity index (χ0n) is 49.6. The Balaban J connectivity index is 0.00000672. The van der Waals surface area contributed by atoms with Gasteiger partial charge < -0.3 is 19.1 Å². The minimum Gasteiger partial charge on any atom is -0.509 e. The van der Waals surface area contributed by atoms with Gasteiger partial charge >= 0.3 is 0 Å². The van der Waals surface area contributed by atoms with Crippen LogP contribution < -0.4 is 14.5 Å². The largest absolute Gasteiger partial charge is 0.509 e. The fraction of sp³-hybridized carbons (Fsp3) is 0.165. The Morgan fingerprint density at radius 3 is 1.71 bits per heavy atom. The van der Waals surface area contributed by atoms with E-state index in [1.165, 1.54) is 44.5 Å². The first-order valence-corrected chi connectivity index (χ1v) is 29.3. The van der Waals surface area contributed by atoms with Crippen molar-refractivity contribution >= 4 is 44.6 Å². The van der Waals surface area contributed by atoms with E-state index in [1.54, 1.807) is 0 Å². The number of para-hydroxylation sites is 3. The predicted molar refractivity (Wildman–Crippen MR) is 349 cm³/mol. The molecule has 1 aliphatic carbocycles. The molecule has 0 bridgehead atoms. The van der Waals surface area contributed by atoms with Crippen molar-refractivity contribution < 1.29 is 25.8 Å². The van der Waals surface area contributed by atoms with E-state index in [0.29, 0.717) is 11.5 Å². The molecule has 1 atom stereocenters. The fourth-order valence-corrected chi connectivity index (χ4v) is 12.9. The number of aromatic nitrogens is 2. The van der Waals surface area contributed by atoms with Crippen LogP contribution in [-0.4, -0.2) is 9.55 Å². The summed E-state index contributed by atoms with van der Waals surface area (Å²) in [6, 6.07) is 91.4. The van der Waals surface area contributed by atoms with E-state index < -0.39 is 5.41 Å². The van der Waals surface area contributed by atoms with E-state index in [2.05, 4.69) is 308 Å². The van der Waals surface area contributed by atoms with Crippen LogP contribution in [0.2, 0.25) is 0 Å². The van der Waals surface area contributed by atoms with Crippen LogP contribution in [0, 0.1) is 18.8 Å². The van der Waals surface area contributed by atoms with E-state index >= 15 is 0 Å². The molecule has 0 fully saturated rings. The Hall–Kier alpha value is -8.76. The van der Waals surface area contributed by atoms with E-state index in [1.807, 2.05) is 24.4 Å². The number of hydrogen-bond acceptors (Lipinski definition) is 4. The van der Waals surface area contributed by atoms with Crippen molar-refractivity contribution in [2.24, 2.45) is 0 Å². The first-order chi connectivity index (χ1) is 40.5.